The molecule has 3 aliphatic rings. The van der Waals surface area contributed by atoms with Crippen LogP contribution in [0.1, 0.15) is 31.9 Å². The van der Waals surface area contributed by atoms with Crippen molar-refractivity contribution >= 4 is 53.6 Å². The number of aromatic nitrogens is 3. The van der Waals surface area contributed by atoms with Crippen LogP contribution >= 0.6 is 31.0 Å². The molecule has 1 aliphatic heterocycles. The molecule has 212 valence electrons. The molecule has 0 radical (unpaired) electrons. The monoisotopic (exact) mass is 669 g/mol. The third-order valence-electron chi connectivity index (χ3n) is 8.70. The van der Waals surface area contributed by atoms with Gasteiger partial charge in [0.2, 0.25) is 0 Å². The molecule has 1 saturated carbocycles. The molecule has 2 N–H and O–H groups in total. The van der Waals surface area contributed by atoms with E-state index in [2.05, 4.69) is 100 Å². The van der Waals surface area contributed by atoms with E-state index in [0.29, 0.717) is 5.65 Å². The highest BCUT2D eigenvalue weighted by molar-refractivity contribution is 14.2. The molecule has 1 unspecified atom stereocenters. The van der Waals surface area contributed by atoms with Crippen molar-refractivity contribution in [3.63, 3.8) is 0 Å². The molecule has 1 atom stereocenters. The van der Waals surface area contributed by atoms with Gasteiger partial charge in [-0.1, -0.05) is 55.5 Å². The normalized spacial score (nSPS) is 22.2. The predicted octanol–water partition coefficient (Wildman–Crippen LogP) is 5.48. The Hall–Kier alpha value is -2.05. The van der Waals surface area contributed by atoms with Crippen molar-refractivity contribution in [3.05, 3.63) is 66.4 Å². The highest BCUT2D eigenvalue weighted by Crippen LogP contribution is 2.52. The molecule has 0 bridgehead atoms. The maximum Gasteiger partial charge on any atom is 0.180 e. The van der Waals surface area contributed by atoms with Gasteiger partial charge in [-0.05, 0) is 72.3 Å². The van der Waals surface area contributed by atoms with Gasteiger partial charge in [0.1, 0.15) is 11.3 Å². The zero-order valence-electron chi connectivity index (χ0n) is 23.7. The summed E-state index contributed by atoms with van der Waals surface area (Å²) in [6.07, 6.45) is 9.91. The van der Waals surface area contributed by atoms with Crippen LogP contribution in [-0.4, -0.2) is 83.7 Å². The first-order valence-corrected chi connectivity index (χ1v) is 17.3. The van der Waals surface area contributed by atoms with E-state index in [1.165, 1.54) is 0 Å². The van der Waals surface area contributed by atoms with Gasteiger partial charge in [-0.25, -0.2) is 15.0 Å². The second-order valence-electron chi connectivity index (χ2n) is 11.7. The summed E-state index contributed by atoms with van der Waals surface area (Å²) in [6.45, 7) is 8.53. The maximum absolute atomic E-state index is 6.63. The van der Waals surface area contributed by atoms with Gasteiger partial charge in [0.25, 0.3) is 0 Å². The van der Waals surface area contributed by atoms with E-state index in [0.717, 1.165) is 92.4 Å². The van der Waals surface area contributed by atoms with Crippen LogP contribution in [0, 0.1) is 5.41 Å². The third kappa shape index (κ3) is 6.23. The first-order chi connectivity index (χ1) is 19.3. The summed E-state index contributed by atoms with van der Waals surface area (Å²) in [5, 5.41) is 0. The first-order valence-electron chi connectivity index (χ1n) is 14.1. The number of pyridine rings is 1. The SMILES string of the molecule is CN(C)CCN1CCN(c2ccc3nc(-c4ccccc4)c(C4=CCC(C)(C5(N)CC5)C=C4)nc3n2)CC1.SI. The first kappa shape index (κ1) is 29.4. The molecule has 40 heavy (non-hydrogen) atoms. The smallest absolute Gasteiger partial charge is 0.180 e. The van der Waals surface area contributed by atoms with E-state index in [1.807, 2.05) is 27.3 Å². The van der Waals surface area contributed by atoms with Crippen molar-refractivity contribution < 1.29 is 0 Å². The number of likely N-dealkylation sites (N-methyl/N-ethyl adjacent to an activating group) is 1. The van der Waals surface area contributed by atoms with Gasteiger partial charge in [-0.3, -0.25) is 4.90 Å². The van der Waals surface area contributed by atoms with Gasteiger partial charge in [-0.2, -0.15) is 0 Å². The number of benzene rings is 1. The van der Waals surface area contributed by atoms with Crippen molar-refractivity contribution in [2.45, 2.75) is 31.7 Å². The molecule has 6 rings (SSSR count). The highest BCUT2D eigenvalue weighted by Gasteiger charge is 2.52. The van der Waals surface area contributed by atoms with E-state index in [9.17, 15) is 0 Å². The van der Waals surface area contributed by atoms with Gasteiger partial charge >= 0.3 is 0 Å². The van der Waals surface area contributed by atoms with E-state index in [-0.39, 0.29) is 11.0 Å². The number of thiol groups is 1. The van der Waals surface area contributed by atoms with Crippen LogP contribution in [0.4, 0.5) is 5.82 Å². The molecule has 3 aromatic rings. The summed E-state index contributed by atoms with van der Waals surface area (Å²) in [5.41, 5.74) is 12.0. The summed E-state index contributed by atoms with van der Waals surface area (Å²) < 4.78 is 0. The Morgan fingerprint density at radius 3 is 2.30 bits per heavy atom. The minimum absolute atomic E-state index is 0.00615. The van der Waals surface area contributed by atoms with Gasteiger partial charge in [0, 0.05) is 55.8 Å². The van der Waals surface area contributed by atoms with Gasteiger partial charge in [0.05, 0.1) is 11.4 Å². The molecule has 7 nitrogen and oxygen atoms in total. The minimum atomic E-state index is -0.0736. The summed E-state index contributed by atoms with van der Waals surface area (Å²) in [5.74, 6) is 0.983. The van der Waals surface area contributed by atoms with Crippen molar-refractivity contribution in [1.82, 2.24) is 24.8 Å². The molecule has 2 aliphatic carbocycles. The van der Waals surface area contributed by atoms with Gasteiger partial charge in [-0.15, -0.1) is 9.80 Å². The van der Waals surface area contributed by atoms with Crippen molar-refractivity contribution in [2.24, 2.45) is 11.1 Å². The summed E-state index contributed by atoms with van der Waals surface area (Å²) in [6, 6.07) is 14.5. The minimum Gasteiger partial charge on any atom is -0.354 e. The maximum atomic E-state index is 6.63. The second kappa shape index (κ2) is 12.4. The molecule has 1 saturated heterocycles. The Bertz CT molecular complexity index is 1380. The second-order valence-corrected chi connectivity index (χ2v) is 11.7. The number of halogens is 1. The lowest BCUT2D eigenvalue weighted by molar-refractivity contribution is 0.229. The van der Waals surface area contributed by atoms with E-state index >= 15 is 0 Å². The summed E-state index contributed by atoms with van der Waals surface area (Å²) in [7, 11) is 7.76. The van der Waals surface area contributed by atoms with Crippen LogP contribution in [-0.2, 0) is 0 Å². The van der Waals surface area contributed by atoms with E-state index in [4.69, 9.17) is 20.7 Å². The lowest BCUT2D eigenvalue weighted by Gasteiger charge is -2.35. The zero-order valence-corrected chi connectivity index (χ0v) is 26.8. The van der Waals surface area contributed by atoms with Crippen molar-refractivity contribution in [1.29, 1.82) is 0 Å². The molecule has 0 spiro atoms. The highest BCUT2D eigenvalue weighted by atomic mass is 127. The molecule has 9 heteroatoms. The molecule has 3 heterocycles. The molecular weight excluding hydrogens is 629 g/mol. The lowest BCUT2D eigenvalue weighted by Crippen LogP contribution is -2.48. The standard InChI is InChI=1S/C31H39N7.HIS/c1-30(31(32)15-16-31)13-11-24(12-14-30)28-27(23-7-5-4-6-8-23)33-25-9-10-26(34-29(25)35-28)38-21-19-37(20-22-38)18-17-36(2)3;1-2/h4-13H,14-22,32H2,1-3H3;2H. The fraction of sp³-hybridized carbons (Fsp3) is 0.452. The van der Waals surface area contributed by atoms with Gasteiger partial charge in [0.15, 0.2) is 5.65 Å². The van der Waals surface area contributed by atoms with Crippen molar-refractivity contribution in [3.8, 4) is 11.3 Å². The Morgan fingerprint density at radius 1 is 0.950 bits per heavy atom. The third-order valence-corrected chi connectivity index (χ3v) is 8.70. The fourth-order valence-electron chi connectivity index (χ4n) is 5.63. The van der Waals surface area contributed by atoms with E-state index in [1.54, 1.807) is 0 Å². The molecule has 2 fully saturated rings. The number of anilines is 1. The number of nitrogens with zero attached hydrogens (tertiary/aromatic N) is 6. The van der Waals surface area contributed by atoms with Crippen molar-refractivity contribution in [2.75, 3.05) is 58.3 Å². The van der Waals surface area contributed by atoms with Gasteiger partial charge < -0.3 is 15.5 Å². The average molecular weight is 670 g/mol. The largest absolute Gasteiger partial charge is 0.354 e. The zero-order chi connectivity index (χ0) is 28.3. The number of rotatable bonds is 7. The quantitative estimate of drug-likeness (QED) is 0.255. The van der Waals surface area contributed by atoms with Crippen LogP contribution in [0.3, 0.4) is 0 Å². The molecule has 2 aromatic heterocycles. The Morgan fingerprint density at radius 2 is 1.68 bits per heavy atom. The predicted molar refractivity (Wildman–Crippen MR) is 179 cm³/mol. The number of piperazine rings is 1. The molecule has 1 aromatic carbocycles. The Labute approximate surface area is 255 Å². The molecule has 0 amide bonds. The Balaban J connectivity index is 0.00000158. The molecular formula is C31H40IN7S. The number of hydrogen-bond acceptors (Lipinski definition) is 8. The summed E-state index contributed by atoms with van der Waals surface area (Å²) >= 11 is 1.84. The number of hydrogen-bond donors (Lipinski definition) is 2. The van der Waals surface area contributed by atoms with Crippen LogP contribution in [0.25, 0.3) is 28.0 Å². The number of fused-ring (bicyclic) bond motifs is 1. The van der Waals surface area contributed by atoms with Crippen LogP contribution in [0.5, 0.6) is 0 Å². The van der Waals surface area contributed by atoms with E-state index < -0.39 is 0 Å². The van der Waals surface area contributed by atoms with Crippen LogP contribution in [0.2, 0.25) is 0 Å². The number of allylic oxidation sites excluding steroid dienone is 3. The fourth-order valence-corrected chi connectivity index (χ4v) is 5.63. The lowest BCUT2D eigenvalue weighted by atomic mass is 9.73. The summed E-state index contributed by atoms with van der Waals surface area (Å²) in [4.78, 5) is 22.4. The topological polar surface area (TPSA) is 74.4 Å². The van der Waals surface area contributed by atoms with Crippen LogP contribution < -0.4 is 10.6 Å². The Kier molecular flexibility index (Phi) is 9.16. The van der Waals surface area contributed by atoms with Crippen LogP contribution in [0.15, 0.2) is 60.7 Å². The average Bonchev–Trinajstić information content (AvgIpc) is 3.76. The number of nitrogens with two attached hydrogens (primary N) is 1.